The van der Waals surface area contributed by atoms with Crippen LogP contribution in [0, 0.1) is 6.92 Å². The van der Waals surface area contributed by atoms with Crippen LogP contribution in [0.15, 0.2) is 71.2 Å². The average molecular weight is 594 g/mol. The molecule has 0 aliphatic heterocycles. The number of anilines is 2. The summed E-state index contributed by atoms with van der Waals surface area (Å²) in [5, 5.41) is 5.78. The summed E-state index contributed by atoms with van der Waals surface area (Å²) in [5.41, 5.74) is 2.79. The van der Waals surface area contributed by atoms with E-state index in [1.807, 2.05) is 6.07 Å². The van der Waals surface area contributed by atoms with Crippen molar-refractivity contribution >= 4 is 67.5 Å². The van der Waals surface area contributed by atoms with Gasteiger partial charge in [-0.1, -0.05) is 33.6 Å². The second-order valence-corrected chi connectivity index (χ2v) is 9.31. The molecule has 3 aromatic carbocycles. The Labute approximate surface area is 221 Å². The molecule has 190 valence electrons. The highest BCUT2D eigenvalue weighted by molar-refractivity contribution is 9.10. The van der Waals surface area contributed by atoms with E-state index in [1.165, 1.54) is 18.2 Å². The van der Waals surface area contributed by atoms with Gasteiger partial charge < -0.3 is 10.6 Å². The van der Waals surface area contributed by atoms with Gasteiger partial charge >= 0.3 is 18.0 Å². The number of alkyl halides is 3. The molecule has 3 N–H and O–H groups in total. The normalized spacial score (nSPS) is 11.3. The molecule has 0 aliphatic rings. The lowest BCUT2D eigenvalue weighted by atomic mass is 10.2. The second-order valence-electron chi connectivity index (χ2n) is 7.96. The van der Waals surface area contributed by atoms with Crippen molar-refractivity contribution in [3.63, 3.8) is 0 Å². The fourth-order valence-corrected chi connectivity index (χ4v) is 4.20. The molecule has 0 unspecified atom stereocenters. The molecule has 0 saturated carbocycles. The van der Waals surface area contributed by atoms with E-state index in [2.05, 4.69) is 32.0 Å². The fraction of sp³-hybridized carbons (Fsp3) is 0.0800. The van der Waals surface area contributed by atoms with Crippen molar-refractivity contribution in [2.75, 3.05) is 16.1 Å². The molecule has 4 aromatic rings. The predicted octanol–water partition coefficient (Wildman–Crippen LogP) is 6.35. The number of benzene rings is 3. The van der Waals surface area contributed by atoms with Crippen LogP contribution in [-0.2, 0) is 15.8 Å². The summed E-state index contributed by atoms with van der Waals surface area (Å²) in [6.45, 7) is 1.80. The van der Waals surface area contributed by atoms with E-state index in [-0.39, 0.29) is 11.4 Å². The highest BCUT2D eigenvalue weighted by Gasteiger charge is 2.30. The molecule has 0 radical (unpaired) electrons. The third kappa shape index (κ3) is 5.95. The number of halogens is 5. The molecule has 1 aromatic heterocycles. The molecule has 7 nitrogen and oxygen atoms in total. The molecule has 37 heavy (non-hydrogen) atoms. The lowest BCUT2D eigenvalue weighted by molar-refractivity contribution is -0.137. The molecular weight excluding hydrogens is 577 g/mol. The summed E-state index contributed by atoms with van der Waals surface area (Å²) in [6, 6.07) is 15.3. The number of rotatable bonds is 4. The van der Waals surface area contributed by atoms with Gasteiger partial charge in [-0.05, 0) is 73.2 Å². The maximum Gasteiger partial charge on any atom is 0.416 e. The van der Waals surface area contributed by atoms with Crippen molar-refractivity contribution in [3.05, 3.63) is 93.0 Å². The van der Waals surface area contributed by atoms with Crippen LogP contribution in [0.2, 0.25) is 5.02 Å². The molecule has 0 saturated heterocycles. The number of hydrogen-bond acceptors (Lipinski definition) is 3. The van der Waals surface area contributed by atoms with Gasteiger partial charge in [0.15, 0.2) is 0 Å². The Morgan fingerprint density at radius 2 is 1.68 bits per heavy atom. The standard InChI is InChI=1S/C25H17BrClF3N4O3/c1-13-9-16(26)5-7-19(13)32-22(35)21-11-14-10-17(27)6-8-20(14)34(21)33-24(37)23(36)31-18-4-2-3-15(12-18)25(28,29)30/h2-12H,1H3,(H,31,36)(H,32,35)(H,33,37). The number of carbonyl (C=O) groups excluding carboxylic acids is 3. The Hall–Kier alpha value is -3.83. The maximum atomic E-state index is 13.2. The van der Waals surface area contributed by atoms with E-state index in [1.54, 1.807) is 31.2 Å². The van der Waals surface area contributed by atoms with Gasteiger partial charge in [0.2, 0.25) is 0 Å². The van der Waals surface area contributed by atoms with Crippen LogP contribution in [0.4, 0.5) is 24.5 Å². The van der Waals surface area contributed by atoms with E-state index in [4.69, 9.17) is 11.6 Å². The molecule has 0 spiro atoms. The fourth-order valence-electron chi connectivity index (χ4n) is 3.54. The predicted molar refractivity (Wildman–Crippen MR) is 138 cm³/mol. The lowest BCUT2D eigenvalue weighted by Gasteiger charge is -2.14. The van der Waals surface area contributed by atoms with Crippen LogP contribution in [0.1, 0.15) is 21.6 Å². The van der Waals surface area contributed by atoms with Gasteiger partial charge in [0.1, 0.15) is 5.69 Å². The number of aromatic nitrogens is 1. The first-order chi connectivity index (χ1) is 17.4. The van der Waals surface area contributed by atoms with Crippen molar-refractivity contribution in [1.29, 1.82) is 0 Å². The first kappa shape index (κ1) is 26.2. The summed E-state index contributed by atoms with van der Waals surface area (Å²) >= 11 is 9.43. The second kappa shape index (κ2) is 10.3. The Morgan fingerprint density at radius 1 is 0.919 bits per heavy atom. The van der Waals surface area contributed by atoms with Gasteiger partial charge in [0.05, 0.1) is 11.1 Å². The molecule has 0 fully saturated rings. The molecule has 0 bridgehead atoms. The van der Waals surface area contributed by atoms with Crippen LogP contribution in [0.3, 0.4) is 0 Å². The molecule has 4 rings (SSSR count). The molecule has 1 heterocycles. The molecule has 12 heteroatoms. The van der Waals surface area contributed by atoms with Gasteiger partial charge in [0.25, 0.3) is 5.91 Å². The number of carbonyl (C=O) groups is 3. The summed E-state index contributed by atoms with van der Waals surface area (Å²) < 4.78 is 40.8. The van der Waals surface area contributed by atoms with E-state index >= 15 is 0 Å². The molecule has 3 amide bonds. The van der Waals surface area contributed by atoms with Crippen LogP contribution >= 0.6 is 27.5 Å². The third-order valence-electron chi connectivity index (χ3n) is 5.30. The summed E-state index contributed by atoms with van der Waals surface area (Å²) in [4.78, 5) is 38.4. The van der Waals surface area contributed by atoms with E-state index in [0.717, 1.165) is 26.8 Å². The largest absolute Gasteiger partial charge is 0.416 e. The highest BCUT2D eigenvalue weighted by Crippen LogP contribution is 2.31. The van der Waals surface area contributed by atoms with E-state index in [9.17, 15) is 27.6 Å². The Morgan fingerprint density at radius 3 is 2.38 bits per heavy atom. The monoisotopic (exact) mass is 592 g/mol. The van der Waals surface area contributed by atoms with Crippen LogP contribution in [0.25, 0.3) is 10.9 Å². The Bertz CT molecular complexity index is 1550. The zero-order valence-electron chi connectivity index (χ0n) is 18.9. The number of aryl methyl sites for hydroxylation is 1. The smallest absolute Gasteiger partial charge is 0.320 e. The average Bonchev–Trinajstić information content (AvgIpc) is 3.17. The zero-order chi connectivity index (χ0) is 26.9. The van der Waals surface area contributed by atoms with Crippen LogP contribution in [-0.4, -0.2) is 22.4 Å². The van der Waals surface area contributed by atoms with Crippen molar-refractivity contribution in [3.8, 4) is 0 Å². The minimum atomic E-state index is -4.62. The number of nitrogens with one attached hydrogen (secondary N) is 3. The SMILES string of the molecule is Cc1cc(Br)ccc1NC(=O)c1cc2cc(Cl)ccc2n1NC(=O)C(=O)Nc1cccc(C(F)(F)F)c1. The molecule has 0 aliphatic carbocycles. The Balaban J connectivity index is 1.61. The van der Waals surface area contributed by atoms with Crippen LogP contribution < -0.4 is 16.1 Å². The topological polar surface area (TPSA) is 92.2 Å². The van der Waals surface area contributed by atoms with Gasteiger partial charge in [-0.2, -0.15) is 13.2 Å². The van der Waals surface area contributed by atoms with Gasteiger partial charge in [-0.25, -0.2) is 4.68 Å². The van der Waals surface area contributed by atoms with Gasteiger partial charge in [-0.15, -0.1) is 0 Å². The number of amides is 3. The first-order valence-corrected chi connectivity index (χ1v) is 11.8. The quantitative estimate of drug-likeness (QED) is 0.241. The number of fused-ring (bicyclic) bond motifs is 1. The summed E-state index contributed by atoms with van der Waals surface area (Å²) in [7, 11) is 0. The Kier molecular flexibility index (Phi) is 7.28. The van der Waals surface area contributed by atoms with Crippen LogP contribution in [0.5, 0.6) is 0 Å². The van der Waals surface area contributed by atoms with Crippen molar-refractivity contribution in [2.24, 2.45) is 0 Å². The first-order valence-electron chi connectivity index (χ1n) is 10.6. The minimum Gasteiger partial charge on any atom is -0.320 e. The number of nitrogens with zero attached hydrogens (tertiary/aromatic N) is 1. The van der Waals surface area contributed by atoms with Crippen molar-refractivity contribution < 1.29 is 27.6 Å². The molecular formula is C25H17BrClF3N4O3. The number of hydrogen-bond donors (Lipinski definition) is 3. The van der Waals surface area contributed by atoms with Crippen molar-refractivity contribution in [2.45, 2.75) is 13.1 Å². The molecule has 0 atom stereocenters. The lowest BCUT2D eigenvalue weighted by Crippen LogP contribution is -2.36. The highest BCUT2D eigenvalue weighted by atomic mass is 79.9. The van der Waals surface area contributed by atoms with E-state index in [0.29, 0.717) is 27.7 Å². The zero-order valence-corrected chi connectivity index (χ0v) is 21.3. The maximum absolute atomic E-state index is 13.2. The van der Waals surface area contributed by atoms with Crippen molar-refractivity contribution in [1.82, 2.24) is 4.68 Å². The summed E-state index contributed by atoms with van der Waals surface area (Å²) in [5.74, 6) is -3.03. The summed E-state index contributed by atoms with van der Waals surface area (Å²) in [6.07, 6.45) is -4.62. The van der Waals surface area contributed by atoms with E-state index < -0.39 is 29.5 Å². The minimum absolute atomic E-state index is 0.0141. The van der Waals surface area contributed by atoms with Gasteiger partial charge in [-0.3, -0.25) is 19.8 Å². The van der Waals surface area contributed by atoms with Gasteiger partial charge in [0, 0.05) is 26.3 Å². The third-order valence-corrected chi connectivity index (χ3v) is 6.03.